The molecule has 1 fully saturated rings. The molecule has 1 aliphatic heterocycles. The highest BCUT2D eigenvalue weighted by atomic mass is 16.4. The maximum Gasteiger partial charge on any atom is 0.320 e. The van der Waals surface area contributed by atoms with E-state index in [9.17, 15) is 9.90 Å². The Morgan fingerprint density at radius 2 is 2.41 bits per heavy atom. The zero-order valence-corrected chi connectivity index (χ0v) is 10.2. The Hall–Kier alpha value is -1.36. The number of likely N-dealkylation sites (tertiary alicyclic amines) is 1. The van der Waals surface area contributed by atoms with Crippen LogP contribution in [0, 0.1) is 0 Å². The van der Waals surface area contributed by atoms with Gasteiger partial charge < -0.3 is 5.11 Å². The summed E-state index contributed by atoms with van der Waals surface area (Å²) in [5, 5.41) is 13.4. The van der Waals surface area contributed by atoms with Crippen molar-refractivity contribution in [3.8, 4) is 0 Å². The van der Waals surface area contributed by atoms with Crippen LogP contribution in [0.15, 0.2) is 12.4 Å². The molecule has 0 radical (unpaired) electrons. The van der Waals surface area contributed by atoms with Gasteiger partial charge in [-0.1, -0.05) is 6.42 Å². The molecule has 0 saturated carbocycles. The van der Waals surface area contributed by atoms with E-state index in [-0.39, 0.29) is 6.04 Å². The van der Waals surface area contributed by atoms with Gasteiger partial charge in [0.15, 0.2) is 0 Å². The van der Waals surface area contributed by atoms with E-state index in [1.807, 2.05) is 28.9 Å². The van der Waals surface area contributed by atoms with Gasteiger partial charge in [-0.25, -0.2) is 0 Å². The molecule has 1 aromatic rings. The molecule has 94 valence electrons. The minimum absolute atomic E-state index is 0.325. The Morgan fingerprint density at radius 3 is 3.06 bits per heavy atom. The molecular weight excluding hydrogens is 218 g/mol. The molecular formula is C12H19N3O2. The zero-order chi connectivity index (χ0) is 12.3. The van der Waals surface area contributed by atoms with Crippen LogP contribution in [0.5, 0.6) is 0 Å². The van der Waals surface area contributed by atoms with E-state index in [4.69, 9.17) is 0 Å². The average Bonchev–Trinajstić information content (AvgIpc) is 2.77. The van der Waals surface area contributed by atoms with Gasteiger partial charge in [0.2, 0.25) is 0 Å². The maximum absolute atomic E-state index is 11.2. The Labute approximate surface area is 101 Å². The van der Waals surface area contributed by atoms with Crippen LogP contribution in [0.4, 0.5) is 0 Å². The molecule has 0 aliphatic carbocycles. The fourth-order valence-corrected chi connectivity index (χ4v) is 2.36. The predicted octanol–water partition coefficient (Wildman–Crippen LogP) is 1.34. The largest absolute Gasteiger partial charge is 0.480 e. The molecule has 2 rings (SSSR count). The molecule has 5 heteroatoms. The molecule has 2 heterocycles. The van der Waals surface area contributed by atoms with Crippen LogP contribution >= 0.6 is 0 Å². The van der Waals surface area contributed by atoms with Gasteiger partial charge in [-0.3, -0.25) is 14.4 Å². The summed E-state index contributed by atoms with van der Waals surface area (Å²) in [5.41, 5.74) is 1.10. The summed E-state index contributed by atoms with van der Waals surface area (Å²) in [5.74, 6) is -0.701. The normalized spacial score (nSPS) is 21.6. The Kier molecular flexibility index (Phi) is 3.78. The van der Waals surface area contributed by atoms with E-state index in [1.165, 1.54) is 0 Å². The molecule has 0 aromatic carbocycles. The number of carbonyl (C=O) groups is 1. The number of nitrogens with zero attached hydrogens (tertiary/aromatic N) is 3. The highest BCUT2D eigenvalue weighted by Crippen LogP contribution is 2.19. The number of aryl methyl sites for hydroxylation is 1. The monoisotopic (exact) mass is 237 g/mol. The first kappa shape index (κ1) is 12.1. The Morgan fingerprint density at radius 1 is 1.59 bits per heavy atom. The van der Waals surface area contributed by atoms with Gasteiger partial charge in [0, 0.05) is 24.8 Å². The molecule has 1 unspecified atom stereocenters. The van der Waals surface area contributed by atoms with Gasteiger partial charge in [-0.15, -0.1) is 0 Å². The van der Waals surface area contributed by atoms with E-state index >= 15 is 0 Å². The van der Waals surface area contributed by atoms with Crippen LogP contribution in [0.25, 0.3) is 0 Å². The zero-order valence-electron chi connectivity index (χ0n) is 10.2. The van der Waals surface area contributed by atoms with Gasteiger partial charge in [0.25, 0.3) is 0 Å². The Balaban J connectivity index is 2.02. The molecule has 0 spiro atoms. The highest BCUT2D eigenvalue weighted by molar-refractivity contribution is 5.73. The lowest BCUT2D eigenvalue weighted by atomic mass is 10.0. The third-order valence-corrected chi connectivity index (χ3v) is 3.30. The number of hydrogen-bond acceptors (Lipinski definition) is 3. The van der Waals surface area contributed by atoms with Crippen LogP contribution in [0.3, 0.4) is 0 Å². The SMILES string of the molecule is CCn1cc(CN2CCCCC2C(=O)O)cn1. The molecule has 1 aromatic heterocycles. The smallest absolute Gasteiger partial charge is 0.320 e. The first-order valence-electron chi connectivity index (χ1n) is 6.19. The third kappa shape index (κ3) is 2.85. The number of piperidine rings is 1. The fourth-order valence-electron chi connectivity index (χ4n) is 2.36. The second kappa shape index (κ2) is 5.31. The number of carboxylic acids is 1. The molecule has 0 bridgehead atoms. The molecule has 17 heavy (non-hydrogen) atoms. The second-order valence-electron chi connectivity index (χ2n) is 4.52. The van der Waals surface area contributed by atoms with Crippen LogP contribution in [-0.4, -0.2) is 38.3 Å². The topological polar surface area (TPSA) is 58.4 Å². The van der Waals surface area contributed by atoms with E-state index in [0.29, 0.717) is 6.54 Å². The summed E-state index contributed by atoms with van der Waals surface area (Å²) >= 11 is 0. The molecule has 1 saturated heterocycles. The molecule has 1 N–H and O–H groups in total. The highest BCUT2D eigenvalue weighted by Gasteiger charge is 2.28. The maximum atomic E-state index is 11.2. The van der Waals surface area contributed by atoms with Crippen molar-refractivity contribution in [1.29, 1.82) is 0 Å². The van der Waals surface area contributed by atoms with Gasteiger partial charge in [-0.2, -0.15) is 5.10 Å². The number of aliphatic carboxylic acids is 1. The summed E-state index contributed by atoms with van der Waals surface area (Å²) in [6.07, 6.45) is 6.69. The van der Waals surface area contributed by atoms with Crippen molar-refractivity contribution in [2.24, 2.45) is 0 Å². The van der Waals surface area contributed by atoms with Gasteiger partial charge in [0.1, 0.15) is 6.04 Å². The number of hydrogen-bond donors (Lipinski definition) is 1. The van der Waals surface area contributed by atoms with Crippen molar-refractivity contribution in [2.45, 2.75) is 45.3 Å². The van der Waals surface area contributed by atoms with Gasteiger partial charge >= 0.3 is 5.97 Å². The molecule has 5 nitrogen and oxygen atoms in total. The second-order valence-corrected chi connectivity index (χ2v) is 4.52. The summed E-state index contributed by atoms with van der Waals surface area (Å²) in [6, 6.07) is -0.325. The molecule has 1 aliphatic rings. The van der Waals surface area contributed by atoms with Crippen molar-refractivity contribution < 1.29 is 9.90 Å². The molecule has 1 atom stereocenters. The number of aromatic nitrogens is 2. The number of carboxylic acid groups (broad SMARTS) is 1. The van der Waals surface area contributed by atoms with Crippen molar-refractivity contribution in [1.82, 2.24) is 14.7 Å². The van der Waals surface area contributed by atoms with E-state index < -0.39 is 5.97 Å². The first-order valence-corrected chi connectivity index (χ1v) is 6.19. The average molecular weight is 237 g/mol. The lowest BCUT2D eigenvalue weighted by Gasteiger charge is -2.32. The summed E-state index contributed by atoms with van der Waals surface area (Å²) in [4.78, 5) is 13.2. The van der Waals surface area contributed by atoms with Crippen LogP contribution in [0.2, 0.25) is 0 Å². The van der Waals surface area contributed by atoms with Crippen molar-refractivity contribution in [3.05, 3.63) is 18.0 Å². The van der Waals surface area contributed by atoms with Crippen molar-refractivity contribution >= 4 is 5.97 Å². The minimum atomic E-state index is -0.701. The predicted molar refractivity (Wildman–Crippen MR) is 63.6 cm³/mol. The van der Waals surface area contributed by atoms with E-state index in [2.05, 4.69) is 5.10 Å². The van der Waals surface area contributed by atoms with Crippen LogP contribution in [-0.2, 0) is 17.9 Å². The van der Waals surface area contributed by atoms with E-state index in [1.54, 1.807) is 0 Å². The number of rotatable bonds is 4. The summed E-state index contributed by atoms with van der Waals surface area (Å²) in [6.45, 7) is 4.45. The van der Waals surface area contributed by atoms with Gasteiger partial charge in [0.05, 0.1) is 6.20 Å². The standard InChI is InChI=1S/C12H19N3O2/c1-2-15-9-10(7-13-15)8-14-6-4-3-5-11(14)12(16)17/h7,9,11H,2-6,8H2,1H3,(H,16,17). The van der Waals surface area contributed by atoms with Crippen LogP contribution < -0.4 is 0 Å². The van der Waals surface area contributed by atoms with E-state index in [0.717, 1.165) is 37.9 Å². The minimum Gasteiger partial charge on any atom is -0.480 e. The van der Waals surface area contributed by atoms with Crippen molar-refractivity contribution in [3.63, 3.8) is 0 Å². The third-order valence-electron chi connectivity index (χ3n) is 3.30. The summed E-state index contributed by atoms with van der Waals surface area (Å²) < 4.78 is 1.87. The van der Waals surface area contributed by atoms with Crippen molar-refractivity contribution in [2.75, 3.05) is 6.54 Å². The molecule has 0 amide bonds. The van der Waals surface area contributed by atoms with Gasteiger partial charge in [-0.05, 0) is 26.3 Å². The lowest BCUT2D eigenvalue weighted by Crippen LogP contribution is -2.43. The lowest BCUT2D eigenvalue weighted by molar-refractivity contribution is -0.144. The van der Waals surface area contributed by atoms with Crippen LogP contribution in [0.1, 0.15) is 31.7 Å². The fraction of sp³-hybridized carbons (Fsp3) is 0.667. The summed E-state index contributed by atoms with van der Waals surface area (Å²) in [7, 11) is 0. The first-order chi connectivity index (χ1) is 8.20. The quantitative estimate of drug-likeness (QED) is 0.858. The Bertz CT molecular complexity index is 389.